The lowest BCUT2D eigenvalue weighted by molar-refractivity contribution is -0.115. The smallest absolute Gasteiger partial charge is 0.229 e. The number of carbonyl (C=O) groups is 1. The van der Waals surface area contributed by atoms with Crippen molar-refractivity contribution in [2.24, 2.45) is 0 Å². The van der Waals surface area contributed by atoms with E-state index in [0.717, 1.165) is 27.2 Å². The van der Waals surface area contributed by atoms with Crippen LogP contribution in [0.15, 0.2) is 60.2 Å². The zero-order valence-electron chi connectivity index (χ0n) is 16.5. The number of benzene rings is 2. The van der Waals surface area contributed by atoms with E-state index in [4.69, 9.17) is 9.47 Å². The lowest BCUT2D eigenvalue weighted by Crippen LogP contribution is -2.13. The maximum atomic E-state index is 12.2. The summed E-state index contributed by atoms with van der Waals surface area (Å²) < 4.78 is 10.7. The summed E-state index contributed by atoms with van der Waals surface area (Å²) in [4.78, 5) is 21.9. The Balaban J connectivity index is 1.50. The summed E-state index contributed by atoms with van der Waals surface area (Å²) in [6.07, 6.45) is 1.87. The molecule has 0 aliphatic rings. The maximum Gasteiger partial charge on any atom is 0.229 e. The van der Waals surface area contributed by atoms with Gasteiger partial charge in [-0.25, -0.2) is 9.97 Å². The lowest BCUT2D eigenvalue weighted by atomic mass is 10.2. The number of rotatable bonds is 7. The van der Waals surface area contributed by atoms with Crippen LogP contribution < -0.4 is 20.1 Å². The van der Waals surface area contributed by atoms with Crippen LogP contribution in [0.4, 0.5) is 17.2 Å². The lowest BCUT2D eigenvalue weighted by Gasteiger charge is -2.12. The minimum atomic E-state index is -0.0407. The van der Waals surface area contributed by atoms with Crippen LogP contribution in [0, 0.1) is 0 Å². The van der Waals surface area contributed by atoms with Crippen LogP contribution in [0.5, 0.6) is 11.5 Å². The number of amides is 1. The van der Waals surface area contributed by atoms with Gasteiger partial charge >= 0.3 is 0 Å². The second-order valence-corrected chi connectivity index (χ2v) is 7.49. The molecule has 4 aromatic rings. The first-order chi connectivity index (χ1) is 14.7. The van der Waals surface area contributed by atoms with E-state index in [-0.39, 0.29) is 5.91 Å². The molecule has 2 N–H and O–H groups in total. The van der Waals surface area contributed by atoms with E-state index in [2.05, 4.69) is 20.6 Å². The topological polar surface area (TPSA) is 85.4 Å². The highest BCUT2D eigenvalue weighted by Gasteiger charge is 2.11. The number of nitrogens with one attached hydrogen (secondary N) is 2. The molecule has 8 heteroatoms. The third-order valence-electron chi connectivity index (χ3n) is 4.49. The normalized spacial score (nSPS) is 10.6. The van der Waals surface area contributed by atoms with Crippen molar-refractivity contribution in [2.45, 2.75) is 6.42 Å². The van der Waals surface area contributed by atoms with Crippen LogP contribution in [0.1, 0.15) is 4.88 Å². The van der Waals surface area contributed by atoms with Crippen LogP contribution in [0.3, 0.4) is 0 Å². The third kappa shape index (κ3) is 4.33. The molecule has 4 rings (SSSR count). The number of carbonyl (C=O) groups excluding carboxylic acids is 1. The summed E-state index contributed by atoms with van der Waals surface area (Å²) in [5.41, 5.74) is 2.31. The van der Waals surface area contributed by atoms with Crippen LogP contribution >= 0.6 is 11.3 Å². The van der Waals surface area contributed by atoms with Crippen LogP contribution in [0.25, 0.3) is 10.9 Å². The van der Waals surface area contributed by atoms with Crippen molar-refractivity contribution in [3.63, 3.8) is 0 Å². The van der Waals surface area contributed by atoms with Gasteiger partial charge in [0, 0.05) is 27.7 Å². The maximum absolute atomic E-state index is 12.2. The number of nitrogens with zero attached hydrogens (tertiary/aromatic N) is 2. The van der Waals surface area contributed by atoms with E-state index < -0.39 is 0 Å². The fourth-order valence-corrected chi connectivity index (χ4v) is 3.74. The molecule has 0 saturated carbocycles. The Kier molecular flexibility index (Phi) is 5.76. The highest BCUT2D eigenvalue weighted by molar-refractivity contribution is 7.10. The molecule has 1 amide bonds. The Hall–Kier alpha value is -3.65. The van der Waals surface area contributed by atoms with Gasteiger partial charge in [0.05, 0.1) is 26.2 Å². The molecule has 0 saturated heterocycles. The van der Waals surface area contributed by atoms with Gasteiger partial charge in [-0.1, -0.05) is 6.07 Å². The van der Waals surface area contributed by atoms with Crippen molar-refractivity contribution >= 4 is 45.3 Å². The molecule has 7 nitrogen and oxygen atoms in total. The Labute approximate surface area is 177 Å². The van der Waals surface area contributed by atoms with E-state index in [0.29, 0.717) is 23.7 Å². The molecule has 0 aliphatic carbocycles. The molecule has 0 spiro atoms. The molecule has 2 heterocycles. The highest BCUT2D eigenvalue weighted by Crippen LogP contribution is 2.34. The molecule has 0 atom stereocenters. The van der Waals surface area contributed by atoms with Crippen molar-refractivity contribution in [3.8, 4) is 11.5 Å². The average molecular weight is 420 g/mol. The molecule has 0 radical (unpaired) electrons. The van der Waals surface area contributed by atoms with Crippen molar-refractivity contribution in [1.82, 2.24) is 9.97 Å². The fraction of sp³-hybridized carbons (Fsp3) is 0.136. The summed E-state index contributed by atoms with van der Waals surface area (Å²) in [6.45, 7) is 0. The van der Waals surface area contributed by atoms with Gasteiger partial charge in [0.15, 0.2) is 11.5 Å². The van der Waals surface area contributed by atoms with E-state index in [1.54, 1.807) is 25.6 Å². The number of fused-ring (bicyclic) bond motifs is 1. The number of methoxy groups -OCH3 is 2. The van der Waals surface area contributed by atoms with Gasteiger partial charge in [0.1, 0.15) is 12.1 Å². The van der Waals surface area contributed by atoms with Gasteiger partial charge in [-0.05, 0) is 41.8 Å². The first kappa shape index (κ1) is 19.7. The fourth-order valence-electron chi connectivity index (χ4n) is 3.03. The summed E-state index contributed by atoms with van der Waals surface area (Å²) in [5, 5.41) is 8.98. The molecule has 152 valence electrons. The minimum Gasteiger partial charge on any atom is -0.493 e. The predicted molar refractivity (Wildman–Crippen MR) is 119 cm³/mol. The average Bonchev–Trinajstić information content (AvgIpc) is 3.27. The molecular formula is C22H20N4O3S. The summed E-state index contributed by atoms with van der Waals surface area (Å²) in [7, 11) is 3.18. The van der Waals surface area contributed by atoms with Crippen molar-refractivity contribution in [3.05, 3.63) is 65.1 Å². The minimum absolute atomic E-state index is 0.0407. The molecule has 0 unspecified atom stereocenters. The number of thiophene rings is 1. The SMILES string of the molecule is COc1cc2ncnc(Nc3ccc(NC(=O)Cc4cccs4)cc3)c2cc1OC. The van der Waals surface area contributed by atoms with Gasteiger partial charge in [-0.2, -0.15) is 0 Å². The molecule has 0 fully saturated rings. The first-order valence-electron chi connectivity index (χ1n) is 9.22. The quantitative estimate of drug-likeness (QED) is 0.453. The summed E-state index contributed by atoms with van der Waals surface area (Å²) in [6, 6.07) is 15.0. The van der Waals surface area contributed by atoms with Crippen LogP contribution in [-0.2, 0) is 11.2 Å². The van der Waals surface area contributed by atoms with E-state index >= 15 is 0 Å². The Morgan fingerprint density at radius 1 is 1.00 bits per heavy atom. The van der Waals surface area contributed by atoms with E-state index in [1.165, 1.54) is 6.33 Å². The second-order valence-electron chi connectivity index (χ2n) is 6.45. The second kappa shape index (κ2) is 8.79. The Morgan fingerprint density at radius 2 is 1.73 bits per heavy atom. The highest BCUT2D eigenvalue weighted by atomic mass is 32.1. The van der Waals surface area contributed by atoms with Gasteiger partial charge < -0.3 is 20.1 Å². The largest absolute Gasteiger partial charge is 0.493 e. The van der Waals surface area contributed by atoms with E-state index in [1.807, 2.05) is 53.9 Å². The number of ether oxygens (including phenoxy) is 2. The number of aromatic nitrogens is 2. The van der Waals surface area contributed by atoms with Crippen LogP contribution in [-0.4, -0.2) is 30.1 Å². The molecule has 0 aliphatic heterocycles. The van der Waals surface area contributed by atoms with Gasteiger partial charge in [-0.3, -0.25) is 4.79 Å². The Bertz CT molecular complexity index is 1160. The number of hydrogen-bond donors (Lipinski definition) is 2. The van der Waals surface area contributed by atoms with Crippen molar-refractivity contribution < 1.29 is 14.3 Å². The zero-order valence-corrected chi connectivity index (χ0v) is 17.3. The summed E-state index contributed by atoms with van der Waals surface area (Å²) in [5.74, 6) is 1.82. The van der Waals surface area contributed by atoms with Gasteiger partial charge in [0.25, 0.3) is 0 Å². The van der Waals surface area contributed by atoms with Crippen molar-refractivity contribution in [1.29, 1.82) is 0 Å². The van der Waals surface area contributed by atoms with Gasteiger partial charge in [0.2, 0.25) is 5.91 Å². The van der Waals surface area contributed by atoms with E-state index in [9.17, 15) is 4.79 Å². The standard InChI is InChI=1S/C22H20N4O3S/c1-28-19-11-17-18(12-20(19)29-2)23-13-24-22(17)26-15-7-5-14(6-8-15)25-21(27)10-16-4-3-9-30-16/h3-9,11-13H,10H2,1-2H3,(H,25,27)(H,23,24,26). The molecular weight excluding hydrogens is 400 g/mol. The molecule has 30 heavy (non-hydrogen) atoms. The Morgan fingerprint density at radius 3 is 2.43 bits per heavy atom. The van der Waals surface area contributed by atoms with Gasteiger partial charge in [-0.15, -0.1) is 11.3 Å². The predicted octanol–water partition coefficient (Wildman–Crippen LogP) is 4.63. The number of anilines is 3. The summed E-state index contributed by atoms with van der Waals surface area (Å²) >= 11 is 1.57. The zero-order chi connectivity index (χ0) is 20.9. The number of hydrogen-bond acceptors (Lipinski definition) is 7. The third-order valence-corrected chi connectivity index (χ3v) is 5.36. The van der Waals surface area contributed by atoms with Crippen molar-refractivity contribution in [2.75, 3.05) is 24.9 Å². The monoisotopic (exact) mass is 420 g/mol. The first-order valence-corrected chi connectivity index (χ1v) is 10.1. The molecule has 2 aromatic heterocycles. The van der Waals surface area contributed by atoms with Crippen LogP contribution in [0.2, 0.25) is 0 Å². The molecule has 2 aromatic carbocycles. The molecule has 0 bridgehead atoms.